The summed E-state index contributed by atoms with van der Waals surface area (Å²) in [7, 11) is 0. The molecule has 120 valence electrons. The van der Waals surface area contributed by atoms with Gasteiger partial charge in [-0.15, -0.1) is 10.2 Å². The first kappa shape index (κ1) is 14.1. The fourth-order valence-corrected chi connectivity index (χ4v) is 2.92. The minimum atomic E-state index is 0.554. The molecule has 0 fully saturated rings. The molecular weight excluding hydrogens is 296 g/mol. The highest BCUT2D eigenvalue weighted by Gasteiger charge is 2.21. The van der Waals surface area contributed by atoms with E-state index in [-0.39, 0.29) is 0 Å². The molecule has 0 bridgehead atoms. The lowest BCUT2D eigenvalue weighted by molar-refractivity contribution is 0.325. The van der Waals surface area contributed by atoms with Crippen molar-refractivity contribution in [1.29, 1.82) is 0 Å². The van der Waals surface area contributed by atoms with Crippen molar-refractivity contribution in [3.63, 3.8) is 0 Å². The van der Waals surface area contributed by atoms with Gasteiger partial charge in [0, 0.05) is 19.5 Å². The Labute approximate surface area is 132 Å². The Bertz CT molecular complexity index is 776. The molecule has 23 heavy (non-hydrogen) atoms. The maximum atomic E-state index is 5.25. The van der Waals surface area contributed by atoms with Gasteiger partial charge in [-0.1, -0.05) is 5.16 Å². The van der Waals surface area contributed by atoms with Crippen LogP contribution in [0.5, 0.6) is 0 Å². The number of nitrogens with zero attached hydrogens (tertiary/aromatic N) is 5. The van der Waals surface area contributed by atoms with E-state index in [0.29, 0.717) is 24.2 Å². The average molecular weight is 314 g/mol. The Morgan fingerprint density at radius 2 is 2.35 bits per heavy atom. The highest BCUT2D eigenvalue weighted by Crippen LogP contribution is 2.19. The number of aromatic nitrogens is 5. The van der Waals surface area contributed by atoms with E-state index in [1.165, 1.54) is 0 Å². The number of aryl methyl sites for hydroxylation is 2. The van der Waals surface area contributed by atoms with Gasteiger partial charge < -0.3 is 18.8 Å². The average Bonchev–Trinajstić information content (AvgIpc) is 3.29. The Hall–Kier alpha value is -2.48. The summed E-state index contributed by atoms with van der Waals surface area (Å²) in [6.45, 7) is 4.43. The predicted octanol–water partition coefficient (Wildman–Crippen LogP) is 1.58. The van der Waals surface area contributed by atoms with Crippen molar-refractivity contribution in [2.24, 2.45) is 5.92 Å². The van der Waals surface area contributed by atoms with Gasteiger partial charge in [0.1, 0.15) is 17.9 Å². The van der Waals surface area contributed by atoms with Crippen molar-refractivity contribution < 1.29 is 8.94 Å². The summed E-state index contributed by atoms with van der Waals surface area (Å²) in [5, 5.41) is 15.7. The Kier molecular flexibility index (Phi) is 3.66. The van der Waals surface area contributed by atoms with E-state index in [1.807, 2.05) is 13.0 Å². The Morgan fingerprint density at radius 1 is 1.39 bits per heavy atom. The molecular formula is C15H18N6O2. The summed E-state index contributed by atoms with van der Waals surface area (Å²) < 4.78 is 12.5. The molecule has 0 radical (unpaired) electrons. The normalized spacial score (nSPS) is 17.3. The second-order valence-corrected chi connectivity index (χ2v) is 5.83. The first-order valence-corrected chi connectivity index (χ1v) is 7.74. The second kappa shape index (κ2) is 5.96. The van der Waals surface area contributed by atoms with Crippen molar-refractivity contribution in [3.05, 3.63) is 36.1 Å². The first-order valence-electron chi connectivity index (χ1n) is 7.74. The molecule has 1 N–H and O–H groups in total. The van der Waals surface area contributed by atoms with E-state index in [0.717, 1.165) is 43.1 Å². The molecule has 8 heteroatoms. The van der Waals surface area contributed by atoms with Crippen LogP contribution in [0.2, 0.25) is 0 Å². The van der Waals surface area contributed by atoms with E-state index in [2.05, 4.69) is 30.2 Å². The van der Waals surface area contributed by atoms with Gasteiger partial charge in [-0.25, -0.2) is 0 Å². The van der Waals surface area contributed by atoms with Crippen LogP contribution in [0.4, 0.5) is 0 Å². The van der Waals surface area contributed by atoms with Gasteiger partial charge in [0.2, 0.25) is 11.7 Å². The molecule has 3 aromatic rings. The van der Waals surface area contributed by atoms with Gasteiger partial charge >= 0.3 is 0 Å². The molecule has 0 saturated heterocycles. The van der Waals surface area contributed by atoms with Crippen molar-refractivity contribution in [2.45, 2.75) is 32.9 Å². The fraction of sp³-hybridized carbons (Fsp3) is 0.467. The Balaban J connectivity index is 1.30. The van der Waals surface area contributed by atoms with Crippen molar-refractivity contribution >= 4 is 0 Å². The molecule has 8 nitrogen and oxygen atoms in total. The van der Waals surface area contributed by atoms with Gasteiger partial charge in [0.25, 0.3) is 0 Å². The van der Waals surface area contributed by atoms with E-state index < -0.39 is 0 Å². The van der Waals surface area contributed by atoms with Gasteiger partial charge in [-0.2, -0.15) is 4.98 Å². The SMILES string of the molecule is Cc1nnc2n1CC(CNCc1nc(-c3ccoc3)no1)CC2. The van der Waals surface area contributed by atoms with Crippen LogP contribution in [0.25, 0.3) is 11.4 Å². The zero-order chi connectivity index (χ0) is 15.6. The van der Waals surface area contributed by atoms with Crippen LogP contribution in [0.15, 0.2) is 27.5 Å². The second-order valence-electron chi connectivity index (χ2n) is 5.83. The lowest BCUT2D eigenvalue weighted by atomic mass is 9.99. The topological polar surface area (TPSA) is 94.8 Å². The molecule has 0 aliphatic carbocycles. The van der Waals surface area contributed by atoms with Crippen LogP contribution in [-0.4, -0.2) is 31.4 Å². The summed E-state index contributed by atoms with van der Waals surface area (Å²) in [6, 6.07) is 1.81. The number of rotatable bonds is 5. The van der Waals surface area contributed by atoms with Gasteiger partial charge in [0.15, 0.2) is 0 Å². The van der Waals surface area contributed by atoms with Gasteiger partial charge in [0.05, 0.1) is 18.4 Å². The van der Waals surface area contributed by atoms with Crippen molar-refractivity contribution in [3.8, 4) is 11.4 Å². The molecule has 4 rings (SSSR count). The van der Waals surface area contributed by atoms with E-state index >= 15 is 0 Å². The molecule has 1 aliphatic heterocycles. The van der Waals surface area contributed by atoms with Crippen molar-refractivity contribution in [2.75, 3.05) is 6.54 Å². The lowest BCUT2D eigenvalue weighted by Gasteiger charge is -2.23. The third-order valence-electron chi connectivity index (χ3n) is 4.19. The standard InChI is InChI=1S/C15H18N6O2/c1-10-18-19-13-3-2-11(8-21(10)13)6-16-7-14-17-15(20-23-14)12-4-5-22-9-12/h4-5,9,11,16H,2-3,6-8H2,1H3. The molecule has 3 aromatic heterocycles. The third kappa shape index (κ3) is 2.89. The summed E-state index contributed by atoms with van der Waals surface area (Å²) in [5.74, 6) is 3.79. The highest BCUT2D eigenvalue weighted by atomic mass is 16.5. The maximum Gasteiger partial charge on any atom is 0.240 e. The highest BCUT2D eigenvalue weighted by molar-refractivity contribution is 5.51. The smallest absolute Gasteiger partial charge is 0.240 e. The monoisotopic (exact) mass is 314 g/mol. The first-order chi connectivity index (χ1) is 11.3. The molecule has 4 heterocycles. The molecule has 0 amide bonds. The van der Waals surface area contributed by atoms with E-state index in [1.54, 1.807) is 12.5 Å². The number of fused-ring (bicyclic) bond motifs is 1. The fourth-order valence-electron chi connectivity index (χ4n) is 2.92. The van der Waals surface area contributed by atoms with Crippen LogP contribution in [0.3, 0.4) is 0 Å². The third-order valence-corrected chi connectivity index (χ3v) is 4.19. The van der Waals surface area contributed by atoms with E-state index in [4.69, 9.17) is 8.94 Å². The summed E-state index contributed by atoms with van der Waals surface area (Å²) in [4.78, 5) is 4.35. The minimum Gasteiger partial charge on any atom is -0.472 e. The molecule has 1 atom stereocenters. The van der Waals surface area contributed by atoms with Gasteiger partial charge in [-0.05, 0) is 25.3 Å². The minimum absolute atomic E-state index is 0.554. The summed E-state index contributed by atoms with van der Waals surface area (Å²) >= 11 is 0. The number of hydrogen-bond acceptors (Lipinski definition) is 7. The quantitative estimate of drug-likeness (QED) is 0.764. The van der Waals surface area contributed by atoms with Crippen LogP contribution in [-0.2, 0) is 19.5 Å². The number of nitrogens with one attached hydrogen (secondary N) is 1. The van der Waals surface area contributed by atoms with Gasteiger partial charge in [-0.3, -0.25) is 0 Å². The van der Waals surface area contributed by atoms with Crippen LogP contribution >= 0.6 is 0 Å². The lowest BCUT2D eigenvalue weighted by Crippen LogP contribution is -2.30. The molecule has 0 spiro atoms. The molecule has 0 saturated carbocycles. The maximum absolute atomic E-state index is 5.25. The summed E-state index contributed by atoms with van der Waals surface area (Å²) in [6.07, 6.45) is 5.30. The van der Waals surface area contributed by atoms with Crippen LogP contribution in [0, 0.1) is 12.8 Å². The molecule has 1 unspecified atom stereocenters. The number of furan rings is 1. The molecule has 0 aromatic carbocycles. The van der Waals surface area contributed by atoms with E-state index in [9.17, 15) is 0 Å². The largest absolute Gasteiger partial charge is 0.472 e. The molecule has 1 aliphatic rings. The zero-order valence-corrected chi connectivity index (χ0v) is 12.9. The summed E-state index contributed by atoms with van der Waals surface area (Å²) in [5.41, 5.74) is 0.822. The Morgan fingerprint density at radius 3 is 3.22 bits per heavy atom. The number of hydrogen-bond donors (Lipinski definition) is 1. The van der Waals surface area contributed by atoms with Crippen LogP contribution in [0.1, 0.15) is 24.0 Å². The van der Waals surface area contributed by atoms with Crippen molar-refractivity contribution in [1.82, 2.24) is 30.2 Å². The predicted molar refractivity (Wildman–Crippen MR) is 80.3 cm³/mol. The zero-order valence-electron chi connectivity index (χ0n) is 12.9. The van der Waals surface area contributed by atoms with Crippen LogP contribution < -0.4 is 5.32 Å².